The molecule has 1 aromatic heterocycles. The van der Waals surface area contributed by atoms with Gasteiger partial charge in [-0.1, -0.05) is 24.6 Å². The maximum absolute atomic E-state index is 13.3. The first-order valence-electron chi connectivity index (χ1n) is 9.59. The monoisotopic (exact) mass is 439 g/mol. The molecule has 158 valence electrons. The molecule has 0 spiro atoms. The summed E-state index contributed by atoms with van der Waals surface area (Å²) in [5.74, 6) is -0.460. The molecule has 1 fully saturated rings. The fourth-order valence-electron chi connectivity index (χ4n) is 3.57. The zero-order chi connectivity index (χ0) is 20.9. The number of thiophene rings is 1. The molecule has 0 saturated carbocycles. The number of likely N-dealkylation sites (tertiary alicyclic amines) is 1. The summed E-state index contributed by atoms with van der Waals surface area (Å²) in [6.45, 7) is 1.25. The van der Waals surface area contributed by atoms with Crippen LogP contribution in [0, 0.1) is 5.82 Å². The van der Waals surface area contributed by atoms with Crippen LogP contribution >= 0.6 is 11.3 Å². The van der Waals surface area contributed by atoms with Gasteiger partial charge in [-0.2, -0.15) is 0 Å². The third kappa shape index (κ3) is 6.60. The molecule has 1 aliphatic rings. The Morgan fingerprint density at radius 3 is 2.69 bits per heavy atom. The van der Waals surface area contributed by atoms with Gasteiger partial charge in [0.15, 0.2) is 0 Å². The van der Waals surface area contributed by atoms with Crippen LogP contribution in [0.5, 0.6) is 0 Å². The molecule has 2 aromatic rings. The van der Waals surface area contributed by atoms with Gasteiger partial charge in [-0.3, -0.25) is 9.69 Å². The van der Waals surface area contributed by atoms with E-state index in [0.29, 0.717) is 6.54 Å². The van der Waals surface area contributed by atoms with Gasteiger partial charge in [-0.15, -0.1) is 11.3 Å². The number of nitrogens with zero attached hydrogens (tertiary/aromatic N) is 1. The fraction of sp³-hybridized carbons (Fsp3) is 0.450. The standard InChI is InChI=1S/C20H26FN3O3S2/c1-29(26,27)22-13-17-5-2-3-11-24(17)14-19(25)23-20(18-6-4-12-28-18)15-7-9-16(21)10-8-15/h4,6-10,12,17,20,22H,2-3,5,11,13-14H2,1H3,(H,23,25)/t17-,20-/m0/s1. The van der Waals surface area contributed by atoms with Crippen molar-refractivity contribution in [1.29, 1.82) is 0 Å². The van der Waals surface area contributed by atoms with Gasteiger partial charge in [0.25, 0.3) is 0 Å². The van der Waals surface area contributed by atoms with E-state index in [9.17, 15) is 17.6 Å². The Balaban J connectivity index is 1.68. The van der Waals surface area contributed by atoms with Gasteiger partial charge in [-0.05, 0) is 48.5 Å². The molecule has 1 aliphatic heterocycles. The molecule has 1 aromatic carbocycles. The molecule has 1 amide bonds. The van der Waals surface area contributed by atoms with Crippen LogP contribution < -0.4 is 10.0 Å². The van der Waals surface area contributed by atoms with Crippen molar-refractivity contribution in [3.63, 3.8) is 0 Å². The van der Waals surface area contributed by atoms with Gasteiger partial charge in [0.1, 0.15) is 5.82 Å². The number of piperidine rings is 1. The number of sulfonamides is 1. The molecule has 29 heavy (non-hydrogen) atoms. The van der Waals surface area contributed by atoms with E-state index in [0.717, 1.165) is 42.5 Å². The van der Waals surface area contributed by atoms with E-state index in [2.05, 4.69) is 10.0 Å². The number of hydrogen-bond donors (Lipinski definition) is 2. The molecule has 3 rings (SSSR count). The molecular weight excluding hydrogens is 413 g/mol. The lowest BCUT2D eigenvalue weighted by Gasteiger charge is -2.35. The van der Waals surface area contributed by atoms with Crippen LogP contribution in [0.2, 0.25) is 0 Å². The maximum atomic E-state index is 13.3. The van der Waals surface area contributed by atoms with Crippen LogP contribution in [0.1, 0.15) is 35.7 Å². The molecule has 0 radical (unpaired) electrons. The Morgan fingerprint density at radius 2 is 2.03 bits per heavy atom. The fourth-order valence-corrected chi connectivity index (χ4v) is 4.87. The van der Waals surface area contributed by atoms with Crippen molar-refractivity contribution in [2.45, 2.75) is 31.3 Å². The number of benzene rings is 1. The largest absolute Gasteiger partial charge is 0.343 e. The molecule has 2 heterocycles. The summed E-state index contributed by atoms with van der Waals surface area (Å²) in [6, 6.07) is 9.65. The van der Waals surface area contributed by atoms with Crippen molar-refractivity contribution >= 4 is 27.3 Å². The van der Waals surface area contributed by atoms with E-state index < -0.39 is 10.0 Å². The predicted octanol–water partition coefficient (Wildman–Crippen LogP) is 2.50. The number of rotatable bonds is 8. The predicted molar refractivity (Wildman–Crippen MR) is 113 cm³/mol. The Labute approximate surface area is 175 Å². The first-order chi connectivity index (χ1) is 13.8. The topological polar surface area (TPSA) is 78.5 Å². The van der Waals surface area contributed by atoms with Crippen molar-refractivity contribution in [2.24, 2.45) is 0 Å². The number of carbonyl (C=O) groups is 1. The van der Waals surface area contributed by atoms with Gasteiger partial charge in [-0.25, -0.2) is 17.5 Å². The van der Waals surface area contributed by atoms with E-state index in [1.807, 2.05) is 22.4 Å². The lowest BCUT2D eigenvalue weighted by molar-refractivity contribution is -0.123. The average molecular weight is 440 g/mol. The maximum Gasteiger partial charge on any atom is 0.234 e. The second-order valence-electron chi connectivity index (χ2n) is 7.31. The number of carbonyl (C=O) groups excluding carboxylic acids is 1. The average Bonchev–Trinajstić information content (AvgIpc) is 3.20. The summed E-state index contributed by atoms with van der Waals surface area (Å²) < 4.78 is 38.7. The summed E-state index contributed by atoms with van der Waals surface area (Å²) in [7, 11) is -3.27. The molecule has 0 unspecified atom stereocenters. The highest BCUT2D eigenvalue weighted by atomic mass is 32.2. The minimum atomic E-state index is -3.27. The third-order valence-corrected chi connectivity index (χ3v) is 6.64. The van der Waals surface area contributed by atoms with Crippen molar-refractivity contribution < 1.29 is 17.6 Å². The summed E-state index contributed by atoms with van der Waals surface area (Å²) in [4.78, 5) is 15.8. The van der Waals surface area contributed by atoms with Gasteiger partial charge in [0.2, 0.25) is 15.9 Å². The second kappa shape index (κ2) is 9.80. The number of hydrogen-bond acceptors (Lipinski definition) is 5. The van der Waals surface area contributed by atoms with Crippen LogP contribution in [0.3, 0.4) is 0 Å². The molecule has 9 heteroatoms. The van der Waals surface area contributed by atoms with E-state index in [1.54, 1.807) is 12.1 Å². The van der Waals surface area contributed by atoms with Crippen LogP contribution in [0.25, 0.3) is 0 Å². The van der Waals surface area contributed by atoms with Crippen LogP contribution in [0.15, 0.2) is 41.8 Å². The summed E-state index contributed by atoms with van der Waals surface area (Å²) >= 11 is 1.53. The van der Waals surface area contributed by atoms with Gasteiger partial charge in [0, 0.05) is 17.5 Å². The molecule has 0 aliphatic carbocycles. The Kier molecular flexibility index (Phi) is 7.39. The van der Waals surface area contributed by atoms with Crippen molar-refractivity contribution in [3.05, 3.63) is 58.0 Å². The van der Waals surface area contributed by atoms with Crippen LogP contribution in [0.4, 0.5) is 4.39 Å². The second-order valence-corrected chi connectivity index (χ2v) is 10.1. The summed E-state index contributed by atoms with van der Waals surface area (Å²) in [5.41, 5.74) is 0.816. The molecular formula is C20H26FN3O3S2. The van der Waals surface area contributed by atoms with Gasteiger partial charge >= 0.3 is 0 Å². The molecule has 6 nitrogen and oxygen atoms in total. The highest BCUT2D eigenvalue weighted by molar-refractivity contribution is 7.88. The minimum absolute atomic E-state index is 0.00441. The summed E-state index contributed by atoms with van der Waals surface area (Å²) in [5, 5.41) is 5.00. The SMILES string of the molecule is CS(=O)(=O)NC[C@@H]1CCCCN1CC(=O)N[C@@H](c1ccc(F)cc1)c1cccs1. The normalized spacial score (nSPS) is 19.0. The lowest BCUT2D eigenvalue weighted by atomic mass is 10.0. The van der Waals surface area contributed by atoms with Gasteiger partial charge in [0.05, 0.1) is 18.8 Å². The molecule has 2 N–H and O–H groups in total. The van der Waals surface area contributed by atoms with E-state index in [4.69, 9.17) is 0 Å². The van der Waals surface area contributed by atoms with Crippen LogP contribution in [-0.4, -0.2) is 51.2 Å². The highest BCUT2D eigenvalue weighted by Gasteiger charge is 2.26. The number of halogens is 1. The quantitative estimate of drug-likeness (QED) is 0.663. The van der Waals surface area contributed by atoms with Crippen molar-refractivity contribution in [1.82, 2.24) is 14.9 Å². The first-order valence-corrected chi connectivity index (χ1v) is 12.4. The summed E-state index contributed by atoms with van der Waals surface area (Å²) in [6.07, 6.45) is 3.99. The number of nitrogens with one attached hydrogen (secondary N) is 2. The zero-order valence-corrected chi connectivity index (χ0v) is 17.9. The van der Waals surface area contributed by atoms with E-state index in [1.165, 1.54) is 23.5 Å². The molecule has 2 atom stereocenters. The smallest absolute Gasteiger partial charge is 0.234 e. The molecule has 0 bridgehead atoms. The Bertz CT molecular complexity index is 902. The van der Waals surface area contributed by atoms with Gasteiger partial charge < -0.3 is 5.32 Å². The zero-order valence-electron chi connectivity index (χ0n) is 16.3. The van der Waals surface area contributed by atoms with Crippen molar-refractivity contribution in [2.75, 3.05) is 25.9 Å². The molecule has 1 saturated heterocycles. The first kappa shape index (κ1) is 21.9. The van der Waals surface area contributed by atoms with E-state index >= 15 is 0 Å². The third-order valence-electron chi connectivity index (χ3n) is 5.01. The lowest BCUT2D eigenvalue weighted by Crippen LogP contribution is -2.50. The minimum Gasteiger partial charge on any atom is -0.343 e. The van der Waals surface area contributed by atoms with E-state index in [-0.39, 0.29) is 30.4 Å². The van der Waals surface area contributed by atoms with Crippen LogP contribution in [-0.2, 0) is 14.8 Å². The Morgan fingerprint density at radius 1 is 1.28 bits per heavy atom. The Hall–Kier alpha value is -1.81. The highest BCUT2D eigenvalue weighted by Crippen LogP contribution is 2.26. The number of amides is 1. The van der Waals surface area contributed by atoms with Crippen molar-refractivity contribution in [3.8, 4) is 0 Å².